The third-order valence-electron chi connectivity index (χ3n) is 2.95. The predicted octanol–water partition coefficient (Wildman–Crippen LogP) is 0.924. The second-order valence-corrected chi connectivity index (χ2v) is 5.56. The summed E-state index contributed by atoms with van der Waals surface area (Å²) in [5.41, 5.74) is 0.908. The molecule has 0 aromatic carbocycles. The lowest BCUT2D eigenvalue weighted by Gasteiger charge is -2.14. The van der Waals surface area contributed by atoms with Crippen LogP contribution in [0.4, 0.5) is 5.82 Å². The molecular formula is C12H18N4O2. The Morgan fingerprint density at radius 1 is 1.50 bits per heavy atom. The molecule has 98 valence electrons. The van der Waals surface area contributed by atoms with Gasteiger partial charge in [0.2, 0.25) is 11.8 Å². The molecule has 6 heteroatoms. The summed E-state index contributed by atoms with van der Waals surface area (Å²) >= 11 is 0. The Bertz CT molecular complexity index is 473. The first-order chi connectivity index (χ1) is 8.36. The lowest BCUT2D eigenvalue weighted by atomic mass is 9.92. The van der Waals surface area contributed by atoms with E-state index >= 15 is 0 Å². The van der Waals surface area contributed by atoms with Gasteiger partial charge in [-0.1, -0.05) is 20.8 Å². The Morgan fingerprint density at radius 2 is 2.22 bits per heavy atom. The van der Waals surface area contributed by atoms with Crippen LogP contribution in [0.2, 0.25) is 0 Å². The van der Waals surface area contributed by atoms with Crippen molar-refractivity contribution in [1.82, 2.24) is 15.5 Å². The molecule has 18 heavy (non-hydrogen) atoms. The molecule has 0 saturated carbocycles. The van der Waals surface area contributed by atoms with Crippen molar-refractivity contribution < 1.29 is 9.59 Å². The van der Waals surface area contributed by atoms with Crippen molar-refractivity contribution in [2.45, 2.75) is 45.1 Å². The molecule has 1 aromatic heterocycles. The highest BCUT2D eigenvalue weighted by Gasteiger charge is 2.27. The van der Waals surface area contributed by atoms with E-state index < -0.39 is 6.04 Å². The molecule has 0 bridgehead atoms. The van der Waals surface area contributed by atoms with E-state index in [9.17, 15) is 9.59 Å². The Morgan fingerprint density at radius 3 is 2.72 bits per heavy atom. The number of anilines is 1. The van der Waals surface area contributed by atoms with Gasteiger partial charge < -0.3 is 10.6 Å². The fourth-order valence-electron chi connectivity index (χ4n) is 1.79. The molecule has 1 saturated heterocycles. The van der Waals surface area contributed by atoms with Gasteiger partial charge >= 0.3 is 0 Å². The third kappa shape index (κ3) is 2.69. The van der Waals surface area contributed by atoms with Gasteiger partial charge in [-0.3, -0.25) is 14.7 Å². The first kappa shape index (κ1) is 12.6. The van der Waals surface area contributed by atoms with Gasteiger partial charge in [0, 0.05) is 23.6 Å². The molecule has 2 heterocycles. The number of carbonyl (C=O) groups is 2. The first-order valence-electron chi connectivity index (χ1n) is 6.02. The van der Waals surface area contributed by atoms with E-state index in [-0.39, 0.29) is 17.2 Å². The number of nitrogens with one attached hydrogen (secondary N) is 3. The summed E-state index contributed by atoms with van der Waals surface area (Å²) < 4.78 is 0. The smallest absolute Gasteiger partial charge is 0.248 e. The number of hydrogen-bond acceptors (Lipinski definition) is 3. The molecule has 1 fully saturated rings. The highest BCUT2D eigenvalue weighted by Crippen LogP contribution is 2.22. The lowest BCUT2D eigenvalue weighted by molar-refractivity contribution is -0.122. The van der Waals surface area contributed by atoms with E-state index in [0.717, 1.165) is 5.69 Å². The zero-order chi connectivity index (χ0) is 13.3. The van der Waals surface area contributed by atoms with Crippen molar-refractivity contribution in [3.63, 3.8) is 0 Å². The van der Waals surface area contributed by atoms with Crippen molar-refractivity contribution in [3.05, 3.63) is 11.8 Å². The third-order valence-corrected chi connectivity index (χ3v) is 2.95. The van der Waals surface area contributed by atoms with E-state index in [1.165, 1.54) is 0 Å². The molecule has 1 atom stereocenters. The quantitative estimate of drug-likeness (QED) is 0.729. The number of aromatic amines is 1. The molecule has 1 unspecified atom stereocenters. The molecular weight excluding hydrogens is 232 g/mol. The molecule has 1 aromatic rings. The maximum Gasteiger partial charge on any atom is 0.248 e. The summed E-state index contributed by atoms with van der Waals surface area (Å²) in [7, 11) is 0. The Hall–Kier alpha value is -1.85. The van der Waals surface area contributed by atoms with Gasteiger partial charge in [0.25, 0.3) is 0 Å². The van der Waals surface area contributed by atoms with Gasteiger partial charge in [-0.2, -0.15) is 5.10 Å². The normalized spacial score (nSPS) is 19.7. The summed E-state index contributed by atoms with van der Waals surface area (Å²) in [6.07, 6.45) is 0.951. The molecule has 3 N–H and O–H groups in total. The van der Waals surface area contributed by atoms with Crippen LogP contribution >= 0.6 is 0 Å². The average molecular weight is 250 g/mol. The van der Waals surface area contributed by atoms with Crippen molar-refractivity contribution in [2.24, 2.45) is 0 Å². The first-order valence-corrected chi connectivity index (χ1v) is 6.02. The molecule has 1 aliphatic rings. The number of nitrogens with zero attached hydrogens (tertiary/aromatic N) is 1. The minimum atomic E-state index is -0.438. The molecule has 1 aliphatic heterocycles. The van der Waals surface area contributed by atoms with Crippen LogP contribution in [0.5, 0.6) is 0 Å². The van der Waals surface area contributed by atoms with Crippen molar-refractivity contribution in [1.29, 1.82) is 0 Å². The fraction of sp³-hybridized carbons (Fsp3) is 0.583. The van der Waals surface area contributed by atoms with E-state index in [1.54, 1.807) is 0 Å². The monoisotopic (exact) mass is 250 g/mol. The summed E-state index contributed by atoms with van der Waals surface area (Å²) in [4.78, 5) is 22.9. The Kier molecular flexibility index (Phi) is 3.11. The van der Waals surface area contributed by atoms with Gasteiger partial charge in [0.1, 0.15) is 6.04 Å². The van der Waals surface area contributed by atoms with Crippen LogP contribution in [-0.2, 0) is 15.0 Å². The Balaban J connectivity index is 1.99. The van der Waals surface area contributed by atoms with Gasteiger partial charge in [0.05, 0.1) is 0 Å². The van der Waals surface area contributed by atoms with Gasteiger partial charge in [-0.15, -0.1) is 0 Å². The standard InChI is InChI=1S/C12H18N4O2/c1-12(2,3)8-6-9(16-15-8)14-11(18)7-4-5-10(17)13-7/h6-7H,4-5H2,1-3H3,(H,13,17)(H2,14,15,16,18). The van der Waals surface area contributed by atoms with E-state index in [0.29, 0.717) is 18.7 Å². The summed E-state index contributed by atoms with van der Waals surface area (Å²) in [6.45, 7) is 6.18. The highest BCUT2D eigenvalue weighted by atomic mass is 16.2. The van der Waals surface area contributed by atoms with Gasteiger partial charge in [-0.05, 0) is 6.42 Å². The van der Waals surface area contributed by atoms with Crippen molar-refractivity contribution >= 4 is 17.6 Å². The molecule has 6 nitrogen and oxygen atoms in total. The highest BCUT2D eigenvalue weighted by molar-refractivity contribution is 5.98. The van der Waals surface area contributed by atoms with Crippen LogP contribution in [0, 0.1) is 0 Å². The largest absolute Gasteiger partial charge is 0.344 e. The molecule has 0 spiro atoms. The van der Waals surface area contributed by atoms with Crippen LogP contribution < -0.4 is 10.6 Å². The number of H-pyrrole nitrogens is 1. The zero-order valence-electron chi connectivity index (χ0n) is 10.8. The number of hydrogen-bond donors (Lipinski definition) is 3. The van der Waals surface area contributed by atoms with Crippen LogP contribution in [-0.4, -0.2) is 28.1 Å². The maximum atomic E-state index is 11.8. The van der Waals surface area contributed by atoms with Crippen molar-refractivity contribution in [3.8, 4) is 0 Å². The van der Waals surface area contributed by atoms with E-state index in [2.05, 4.69) is 41.6 Å². The average Bonchev–Trinajstić information content (AvgIpc) is 2.85. The number of aromatic nitrogens is 2. The molecule has 2 rings (SSSR count). The summed E-state index contributed by atoms with van der Waals surface area (Å²) in [5, 5.41) is 12.3. The van der Waals surface area contributed by atoms with E-state index in [4.69, 9.17) is 0 Å². The fourth-order valence-corrected chi connectivity index (χ4v) is 1.79. The maximum absolute atomic E-state index is 11.8. The minimum Gasteiger partial charge on any atom is -0.344 e. The predicted molar refractivity (Wildman–Crippen MR) is 67.1 cm³/mol. The second-order valence-electron chi connectivity index (χ2n) is 5.56. The van der Waals surface area contributed by atoms with Crippen LogP contribution in [0.1, 0.15) is 39.3 Å². The van der Waals surface area contributed by atoms with Crippen LogP contribution in [0.3, 0.4) is 0 Å². The second kappa shape index (κ2) is 4.44. The molecule has 0 radical (unpaired) electrons. The zero-order valence-corrected chi connectivity index (χ0v) is 10.8. The SMILES string of the molecule is CC(C)(C)c1cc(NC(=O)C2CCC(=O)N2)n[nH]1. The summed E-state index contributed by atoms with van der Waals surface area (Å²) in [5.74, 6) is 0.200. The number of amides is 2. The van der Waals surface area contributed by atoms with E-state index in [1.807, 2.05) is 6.07 Å². The number of rotatable bonds is 2. The van der Waals surface area contributed by atoms with Crippen LogP contribution in [0.15, 0.2) is 6.07 Å². The summed E-state index contributed by atoms with van der Waals surface area (Å²) in [6, 6.07) is 1.38. The van der Waals surface area contributed by atoms with Crippen molar-refractivity contribution in [2.75, 3.05) is 5.32 Å². The van der Waals surface area contributed by atoms with Gasteiger partial charge in [-0.25, -0.2) is 0 Å². The van der Waals surface area contributed by atoms with Crippen LogP contribution in [0.25, 0.3) is 0 Å². The van der Waals surface area contributed by atoms with Gasteiger partial charge in [0.15, 0.2) is 5.82 Å². The lowest BCUT2D eigenvalue weighted by Crippen LogP contribution is -2.37. The topological polar surface area (TPSA) is 86.9 Å². The minimum absolute atomic E-state index is 0.0441. The Labute approximate surface area is 106 Å². The molecule has 2 amide bonds. The molecule has 0 aliphatic carbocycles. The number of carbonyl (C=O) groups excluding carboxylic acids is 2.